The first-order valence-electron chi connectivity index (χ1n) is 13.7. The van der Waals surface area contributed by atoms with E-state index in [-0.39, 0.29) is 29.8 Å². The molecule has 1 aromatic carbocycles. The second kappa shape index (κ2) is 15.7. The summed E-state index contributed by atoms with van der Waals surface area (Å²) in [6.07, 6.45) is 7.69. The standard InChI is InChI=1S/C29H44ClNO6/c1-21-17-23(18-22(2)24(21)9-13-32)37-20-26-25(27(30)19-28(26)33)7-5-3-4-6-8-29(34)36-16-12-31-10-14-35-15-11-31/h3,5,17-18,25-28,32-33H,4,6-16,19-20H2,1-2H3/b5-3-/t25-,26-,27-,28-/m1/s1. The lowest BCUT2D eigenvalue weighted by molar-refractivity contribution is -0.144. The van der Waals surface area contributed by atoms with Crippen LogP contribution in [0.25, 0.3) is 0 Å². The minimum Gasteiger partial charge on any atom is -0.493 e. The molecule has 0 bridgehead atoms. The number of hydrogen-bond acceptors (Lipinski definition) is 7. The van der Waals surface area contributed by atoms with E-state index in [1.807, 2.05) is 26.0 Å². The zero-order chi connectivity index (χ0) is 26.6. The number of allylic oxidation sites excluding steroid dienone is 2. The van der Waals surface area contributed by atoms with Crippen molar-refractivity contribution in [1.82, 2.24) is 4.90 Å². The molecule has 0 unspecified atom stereocenters. The molecule has 1 aliphatic carbocycles. The number of carbonyl (C=O) groups excluding carboxylic acids is 1. The first-order chi connectivity index (χ1) is 17.9. The molecule has 4 atom stereocenters. The molecule has 37 heavy (non-hydrogen) atoms. The number of rotatable bonds is 14. The number of morpholine rings is 1. The van der Waals surface area contributed by atoms with Crippen LogP contribution in [-0.4, -0.2) is 85.2 Å². The fourth-order valence-electron chi connectivity index (χ4n) is 5.35. The van der Waals surface area contributed by atoms with Gasteiger partial charge in [0, 0.05) is 44.0 Å². The predicted octanol–water partition coefficient (Wildman–Crippen LogP) is 3.81. The van der Waals surface area contributed by atoms with Crippen molar-refractivity contribution in [1.29, 1.82) is 0 Å². The quantitative estimate of drug-likeness (QED) is 0.161. The summed E-state index contributed by atoms with van der Waals surface area (Å²) in [5.41, 5.74) is 3.36. The Labute approximate surface area is 226 Å². The van der Waals surface area contributed by atoms with Crippen molar-refractivity contribution in [3.63, 3.8) is 0 Å². The Bertz CT molecular complexity index is 849. The minimum atomic E-state index is -0.482. The second-order valence-corrected chi connectivity index (χ2v) is 10.8. The van der Waals surface area contributed by atoms with Gasteiger partial charge in [-0.1, -0.05) is 12.2 Å². The Morgan fingerprint density at radius 2 is 1.92 bits per heavy atom. The van der Waals surface area contributed by atoms with Crippen LogP contribution < -0.4 is 4.74 Å². The van der Waals surface area contributed by atoms with Gasteiger partial charge in [0.25, 0.3) is 0 Å². The molecule has 0 aromatic heterocycles. The number of esters is 1. The summed E-state index contributed by atoms with van der Waals surface area (Å²) in [5.74, 6) is 0.738. The molecule has 1 heterocycles. The van der Waals surface area contributed by atoms with E-state index >= 15 is 0 Å². The normalized spacial score (nSPS) is 24.6. The summed E-state index contributed by atoms with van der Waals surface area (Å²) >= 11 is 6.60. The van der Waals surface area contributed by atoms with E-state index in [1.165, 1.54) is 0 Å². The van der Waals surface area contributed by atoms with Gasteiger partial charge in [-0.15, -0.1) is 11.6 Å². The molecule has 1 saturated carbocycles. The molecule has 0 spiro atoms. The van der Waals surface area contributed by atoms with Gasteiger partial charge < -0.3 is 24.4 Å². The highest BCUT2D eigenvalue weighted by Crippen LogP contribution is 2.39. The number of ether oxygens (including phenoxy) is 3. The van der Waals surface area contributed by atoms with E-state index in [2.05, 4.69) is 17.1 Å². The first kappa shape index (κ1) is 29.9. The first-order valence-corrected chi connectivity index (χ1v) is 14.1. The highest BCUT2D eigenvalue weighted by molar-refractivity contribution is 6.21. The molecule has 0 amide bonds. The topological polar surface area (TPSA) is 88.5 Å². The highest BCUT2D eigenvalue weighted by Gasteiger charge is 2.41. The van der Waals surface area contributed by atoms with Crippen LogP contribution in [0.4, 0.5) is 0 Å². The van der Waals surface area contributed by atoms with E-state index in [0.717, 1.165) is 74.6 Å². The van der Waals surface area contributed by atoms with Crippen LogP contribution in [0, 0.1) is 25.7 Å². The van der Waals surface area contributed by atoms with E-state index in [4.69, 9.17) is 25.8 Å². The van der Waals surface area contributed by atoms with Crippen LogP contribution in [0.15, 0.2) is 24.3 Å². The van der Waals surface area contributed by atoms with Gasteiger partial charge in [-0.2, -0.15) is 0 Å². The number of aliphatic hydroxyl groups is 2. The summed E-state index contributed by atoms with van der Waals surface area (Å²) < 4.78 is 16.8. The Hall–Kier alpha value is -1.64. The number of hydrogen-bond donors (Lipinski definition) is 2. The van der Waals surface area contributed by atoms with E-state index in [9.17, 15) is 15.0 Å². The van der Waals surface area contributed by atoms with Crippen molar-refractivity contribution in [2.24, 2.45) is 11.8 Å². The fourth-order valence-corrected chi connectivity index (χ4v) is 5.82. The van der Waals surface area contributed by atoms with Gasteiger partial charge in [-0.25, -0.2) is 0 Å². The summed E-state index contributed by atoms with van der Waals surface area (Å²) in [5, 5.41) is 19.8. The Morgan fingerprint density at radius 1 is 1.19 bits per heavy atom. The largest absolute Gasteiger partial charge is 0.493 e. The van der Waals surface area contributed by atoms with E-state index in [1.54, 1.807) is 0 Å². The molecule has 1 saturated heterocycles. The zero-order valence-corrected chi connectivity index (χ0v) is 23.1. The molecule has 7 nitrogen and oxygen atoms in total. The lowest BCUT2D eigenvalue weighted by Crippen LogP contribution is -2.38. The lowest BCUT2D eigenvalue weighted by Gasteiger charge is -2.26. The van der Waals surface area contributed by atoms with Crippen LogP contribution in [0.5, 0.6) is 5.75 Å². The number of unbranched alkanes of at least 4 members (excludes halogenated alkanes) is 1. The van der Waals surface area contributed by atoms with Crippen LogP contribution in [0.2, 0.25) is 0 Å². The second-order valence-electron chi connectivity index (χ2n) is 10.2. The molecule has 2 fully saturated rings. The van der Waals surface area contributed by atoms with Gasteiger partial charge in [0.15, 0.2) is 0 Å². The van der Waals surface area contributed by atoms with Crippen molar-refractivity contribution in [3.05, 3.63) is 41.0 Å². The summed E-state index contributed by atoms with van der Waals surface area (Å²) in [6, 6.07) is 4.00. The minimum absolute atomic E-state index is 0.0358. The molecular weight excluding hydrogens is 494 g/mol. The number of nitrogens with zero attached hydrogens (tertiary/aromatic N) is 1. The number of aryl methyl sites for hydroxylation is 2. The molecule has 1 aromatic rings. The average Bonchev–Trinajstić information content (AvgIpc) is 3.14. The fraction of sp³-hybridized carbons (Fsp3) is 0.690. The van der Waals surface area contributed by atoms with Crippen LogP contribution in [0.3, 0.4) is 0 Å². The number of benzene rings is 1. The Kier molecular flexibility index (Phi) is 12.7. The van der Waals surface area contributed by atoms with Crippen molar-refractivity contribution in [2.45, 2.75) is 63.9 Å². The Morgan fingerprint density at radius 3 is 2.62 bits per heavy atom. The monoisotopic (exact) mass is 537 g/mol. The summed E-state index contributed by atoms with van der Waals surface area (Å²) in [7, 11) is 0. The van der Waals surface area contributed by atoms with Gasteiger partial charge in [0.2, 0.25) is 0 Å². The maximum atomic E-state index is 12.0. The molecule has 1 aliphatic heterocycles. The molecule has 208 valence electrons. The molecular formula is C29H44ClNO6. The maximum Gasteiger partial charge on any atom is 0.305 e. The maximum absolute atomic E-state index is 12.0. The third-order valence-electron chi connectivity index (χ3n) is 7.55. The van der Waals surface area contributed by atoms with E-state index < -0.39 is 6.10 Å². The van der Waals surface area contributed by atoms with Gasteiger partial charge in [0.1, 0.15) is 12.4 Å². The van der Waals surface area contributed by atoms with Crippen LogP contribution in [-0.2, 0) is 20.7 Å². The molecule has 2 aliphatic rings. The van der Waals surface area contributed by atoms with Gasteiger partial charge in [-0.05, 0) is 80.7 Å². The number of carbonyl (C=O) groups is 1. The summed E-state index contributed by atoms with van der Waals surface area (Å²) in [6.45, 7) is 9.09. The zero-order valence-electron chi connectivity index (χ0n) is 22.4. The average molecular weight is 538 g/mol. The molecule has 3 rings (SSSR count). The third kappa shape index (κ3) is 9.56. The van der Waals surface area contributed by atoms with Gasteiger partial charge in [0.05, 0.1) is 25.9 Å². The van der Waals surface area contributed by atoms with Crippen LogP contribution >= 0.6 is 11.6 Å². The third-order valence-corrected chi connectivity index (χ3v) is 8.05. The number of alkyl halides is 1. The summed E-state index contributed by atoms with van der Waals surface area (Å²) in [4.78, 5) is 14.2. The van der Waals surface area contributed by atoms with Crippen LogP contribution in [0.1, 0.15) is 48.8 Å². The number of aliphatic hydroxyl groups excluding tert-OH is 2. The van der Waals surface area contributed by atoms with Crippen molar-refractivity contribution < 1.29 is 29.2 Å². The Balaban J connectivity index is 1.37. The molecule has 8 heteroatoms. The van der Waals surface area contributed by atoms with Crippen molar-refractivity contribution in [2.75, 3.05) is 52.7 Å². The number of halogens is 1. The molecule has 0 radical (unpaired) electrons. The SMILES string of the molecule is Cc1cc(OC[C@@H]2[C@@H](C/C=C\CCCC(=O)OCCN3CCOCC3)[C@H](Cl)C[C@H]2O)cc(C)c1CCO. The van der Waals surface area contributed by atoms with Gasteiger partial charge in [-0.3, -0.25) is 9.69 Å². The van der Waals surface area contributed by atoms with Crippen molar-refractivity contribution in [3.8, 4) is 5.75 Å². The van der Waals surface area contributed by atoms with Crippen molar-refractivity contribution >= 4 is 17.6 Å². The van der Waals surface area contributed by atoms with E-state index in [0.29, 0.717) is 32.5 Å². The predicted molar refractivity (Wildman–Crippen MR) is 145 cm³/mol. The van der Waals surface area contributed by atoms with Gasteiger partial charge >= 0.3 is 5.97 Å². The highest BCUT2D eigenvalue weighted by atomic mass is 35.5. The lowest BCUT2D eigenvalue weighted by atomic mass is 9.92. The smallest absolute Gasteiger partial charge is 0.305 e. The molecule has 2 N–H and O–H groups in total.